The first-order chi connectivity index (χ1) is 12.7. The Morgan fingerprint density at radius 1 is 1.15 bits per heavy atom. The van der Waals surface area contributed by atoms with E-state index in [1.54, 1.807) is 18.2 Å². The number of amides is 2. The van der Waals surface area contributed by atoms with Gasteiger partial charge in [-0.05, 0) is 29.3 Å². The molecule has 2 amide bonds. The topological polar surface area (TPSA) is 89.0 Å². The molecule has 2 aliphatic rings. The molecule has 0 saturated carbocycles. The molecule has 2 aliphatic heterocycles. The Morgan fingerprint density at radius 2 is 1.96 bits per heavy atom. The maximum absolute atomic E-state index is 12.5. The monoisotopic (exact) mass is 351 g/mol. The Kier molecular flexibility index (Phi) is 4.27. The second kappa shape index (κ2) is 6.87. The van der Waals surface area contributed by atoms with Gasteiger partial charge in [-0.2, -0.15) is 5.10 Å². The maximum atomic E-state index is 12.5. The van der Waals surface area contributed by atoms with Crippen LogP contribution in [-0.4, -0.2) is 31.4 Å². The van der Waals surface area contributed by atoms with E-state index in [0.29, 0.717) is 18.0 Å². The van der Waals surface area contributed by atoms with Crippen LogP contribution >= 0.6 is 0 Å². The summed E-state index contributed by atoms with van der Waals surface area (Å²) >= 11 is 0. The number of hydrogen-bond acceptors (Lipinski definition) is 5. The Morgan fingerprint density at radius 3 is 2.81 bits per heavy atom. The van der Waals surface area contributed by atoms with Gasteiger partial charge in [0.1, 0.15) is 5.92 Å². The van der Waals surface area contributed by atoms with Crippen LogP contribution in [0.4, 0.5) is 0 Å². The van der Waals surface area contributed by atoms with Crippen molar-refractivity contribution in [3.8, 4) is 11.5 Å². The highest BCUT2D eigenvalue weighted by molar-refractivity contribution is 6.03. The van der Waals surface area contributed by atoms with Crippen LogP contribution in [0, 0.1) is 5.92 Å². The summed E-state index contributed by atoms with van der Waals surface area (Å²) in [5.74, 6) is -0.393. The van der Waals surface area contributed by atoms with Crippen molar-refractivity contribution < 1.29 is 19.1 Å². The second-order valence-corrected chi connectivity index (χ2v) is 6.09. The molecule has 2 N–H and O–H groups in total. The standard InChI is InChI=1S/C19H17N3O4/c23-18-17(14(10-20-18)13-4-2-1-3-5-13)19(24)22-21-9-12-6-7-15-16(8-12)26-11-25-15/h1-9,14,17H,10-11H2,(H,20,23)(H,22,24)/t14-,17+/m1/s1. The quantitative estimate of drug-likeness (QED) is 0.495. The molecule has 0 bridgehead atoms. The first-order valence-corrected chi connectivity index (χ1v) is 8.27. The smallest absolute Gasteiger partial charge is 0.253 e. The summed E-state index contributed by atoms with van der Waals surface area (Å²) in [4.78, 5) is 24.6. The van der Waals surface area contributed by atoms with E-state index < -0.39 is 11.8 Å². The predicted molar refractivity (Wildman–Crippen MR) is 94.0 cm³/mol. The van der Waals surface area contributed by atoms with Crippen LogP contribution in [0.15, 0.2) is 53.6 Å². The van der Waals surface area contributed by atoms with Crippen molar-refractivity contribution in [1.82, 2.24) is 10.7 Å². The van der Waals surface area contributed by atoms with E-state index in [1.165, 1.54) is 6.21 Å². The first-order valence-electron chi connectivity index (χ1n) is 8.27. The molecule has 0 aliphatic carbocycles. The van der Waals surface area contributed by atoms with Gasteiger partial charge in [-0.15, -0.1) is 0 Å². The van der Waals surface area contributed by atoms with Crippen molar-refractivity contribution in [3.63, 3.8) is 0 Å². The lowest BCUT2D eigenvalue weighted by Crippen LogP contribution is -2.34. The lowest BCUT2D eigenvalue weighted by atomic mass is 9.88. The summed E-state index contributed by atoms with van der Waals surface area (Å²) in [7, 11) is 0. The van der Waals surface area contributed by atoms with Gasteiger partial charge in [0.2, 0.25) is 12.7 Å². The molecule has 0 aromatic heterocycles. The lowest BCUT2D eigenvalue weighted by Gasteiger charge is -2.15. The fourth-order valence-corrected chi connectivity index (χ4v) is 3.17. The van der Waals surface area contributed by atoms with Crippen LogP contribution in [0.25, 0.3) is 0 Å². The molecule has 1 fully saturated rings. The molecular weight excluding hydrogens is 334 g/mol. The van der Waals surface area contributed by atoms with Crippen LogP contribution in [0.5, 0.6) is 11.5 Å². The third kappa shape index (κ3) is 3.11. The molecule has 2 aromatic rings. The normalized spacial score (nSPS) is 21.0. The van der Waals surface area contributed by atoms with Gasteiger partial charge in [-0.25, -0.2) is 5.43 Å². The van der Waals surface area contributed by atoms with Crippen molar-refractivity contribution in [1.29, 1.82) is 0 Å². The second-order valence-electron chi connectivity index (χ2n) is 6.09. The van der Waals surface area contributed by atoms with Gasteiger partial charge >= 0.3 is 0 Å². The highest BCUT2D eigenvalue weighted by atomic mass is 16.7. The summed E-state index contributed by atoms with van der Waals surface area (Å²) in [5.41, 5.74) is 4.17. The van der Waals surface area contributed by atoms with Gasteiger partial charge in [0, 0.05) is 12.5 Å². The largest absolute Gasteiger partial charge is 0.454 e. The molecular formula is C19H17N3O4. The number of rotatable bonds is 4. The van der Waals surface area contributed by atoms with E-state index in [9.17, 15) is 9.59 Å². The molecule has 2 atom stereocenters. The molecule has 7 heteroatoms. The number of fused-ring (bicyclic) bond motifs is 1. The van der Waals surface area contributed by atoms with Crippen LogP contribution in [0.2, 0.25) is 0 Å². The van der Waals surface area contributed by atoms with Crippen LogP contribution in [-0.2, 0) is 9.59 Å². The molecule has 4 rings (SSSR count). The number of hydrazone groups is 1. The van der Waals surface area contributed by atoms with Crippen molar-refractivity contribution in [3.05, 3.63) is 59.7 Å². The average molecular weight is 351 g/mol. The molecule has 2 aromatic carbocycles. The molecule has 132 valence electrons. The van der Waals surface area contributed by atoms with Gasteiger partial charge in [-0.3, -0.25) is 9.59 Å². The Hall–Kier alpha value is -3.35. The Labute approximate surface area is 150 Å². The van der Waals surface area contributed by atoms with Crippen LogP contribution < -0.4 is 20.2 Å². The van der Waals surface area contributed by atoms with Crippen molar-refractivity contribution in [2.45, 2.75) is 5.92 Å². The zero-order valence-electron chi connectivity index (χ0n) is 13.8. The molecule has 26 heavy (non-hydrogen) atoms. The third-order valence-electron chi connectivity index (χ3n) is 4.48. The number of nitrogens with one attached hydrogen (secondary N) is 2. The third-order valence-corrected chi connectivity index (χ3v) is 4.48. The fourth-order valence-electron chi connectivity index (χ4n) is 3.17. The molecule has 2 heterocycles. The first kappa shape index (κ1) is 16.1. The summed E-state index contributed by atoms with van der Waals surface area (Å²) in [5, 5.41) is 6.73. The van der Waals surface area contributed by atoms with Crippen molar-refractivity contribution in [2.75, 3.05) is 13.3 Å². The minimum atomic E-state index is -0.800. The number of hydrogen-bond donors (Lipinski definition) is 2. The number of ether oxygens (including phenoxy) is 2. The van der Waals surface area contributed by atoms with Crippen molar-refractivity contribution >= 4 is 18.0 Å². The fraction of sp³-hybridized carbons (Fsp3) is 0.211. The van der Waals surface area contributed by atoms with Crippen molar-refractivity contribution in [2.24, 2.45) is 11.0 Å². The Balaban J connectivity index is 1.44. The zero-order chi connectivity index (χ0) is 17.9. The van der Waals surface area contributed by atoms with E-state index in [2.05, 4.69) is 15.8 Å². The number of carbonyl (C=O) groups excluding carboxylic acids is 2. The van der Waals surface area contributed by atoms with E-state index in [4.69, 9.17) is 9.47 Å². The van der Waals surface area contributed by atoms with Crippen LogP contribution in [0.1, 0.15) is 17.0 Å². The highest BCUT2D eigenvalue weighted by Gasteiger charge is 2.40. The average Bonchev–Trinajstić information content (AvgIpc) is 3.28. The minimum absolute atomic E-state index is 0.199. The molecule has 0 spiro atoms. The molecule has 0 radical (unpaired) electrons. The van der Waals surface area contributed by atoms with Gasteiger partial charge in [0.25, 0.3) is 5.91 Å². The van der Waals surface area contributed by atoms with Gasteiger partial charge < -0.3 is 14.8 Å². The van der Waals surface area contributed by atoms with E-state index in [0.717, 1.165) is 11.1 Å². The van der Waals surface area contributed by atoms with E-state index in [1.807, 2.05) is 30.3 Å². The van der Waals surface area contributed by atoms with Gasteiger partial charge in [0.05, 0.1) is 6.21 Å². The number of benzene rings is 2. The predicted octanol–water partition coefficient (Wildman–Crippen LogP) is 1.40. The molecule has 7 nitrogen and oxygen atoms in total. The summed E-state index contributed by atoms with van der Waals surface area (Å²) in [6, 6.07) is 14.9. The van der Waals surface area contributed by atoms with E-state index >= 15 is 0 Å². The summed E-state index contributed by atoms with van der Waals surface area (Å²) in [6.07, 6.45) is 1.50. The van der Waals surface area contributed by atoms with Crippen LogP contribution in [0.3, 0.4) is 0 Å². The molecule has 0 unspecified atom stereocenters. The lowest BCUT2D eigenvalue weighted by molar-refractivity contribution is -0.133. The van der Waals surface area contributed by atoms with Gasteiger partial charge in [-0.1, -0.05) is 30.3 Å². The SMILES string of the molecule is O=C1NC[C@H](c2ccccc2)[C@@H]1C(=O)NN=Cc1ccc2c(c1)OCO2. The molecule has 1 saturated heterocycles. The maximum Gasteiger partial charge on any atom is 0.253 e. The summed E-state index contributed by atoms with van der Waals surface area (Å²) in [6.45, 7) is 0.636. The summed E-state index contributed by atoms with van der Waals surface area (Å²) < 4.78 is 10.5. The Bertz CT molecular complexity index is 866. The number of nitrogens with zero attached hydrogens (tertiary/aromatic N) is 1. The van der Waals surface area contributed by atoms with Gasteiger partial charge in [0.15, 0.2) is 11.5 Å². The minimum Gasteiger partial charge on any atom is -0.454 e. The zero-order valence-corrected chi connectivity index (χ0v) is 13.8. The number of carbonyl (C=O) groups is 2. The van der Waals surface area contributed by atoms with E-state index in [-0.39, 0.29) is 18.6 Å². The highest BCUT2D eigenvalue weighted by Crippen LogP contribution is 2.32.